The van der Waals surface area contributed by atoms with Gasteiger partial charge in [0.1, 0.15) is 0 Å². The van der Waals surface area contributed by atoms with Crippen LogP contribution >= 0.6 is 0 Å². The van der Waals surface area contributed by atoms with Crippen LogP contribution in [0.25, 0.3) is 5.57 Å². The molecule has 1 rings (SSSR count). The zero-order valence-electron chi connectivity index (χ0n) is 10.4. The molecule has 0 unspecified atom stereocenters. The molecular formula is C14H19NO2. The first kappa shape index (κ1) is 13.3. The van der Waals surface area contributed by atoms with Gasteiger partial charge >= 0.3 is 5.97 Å². The van der Waals surface area contributed by atoms with Crippen LogP contribution < -0.4 is 5.32 Å². The molecule has 17 heavy (non-hydrogen) atoms. The number of nitrogens with one attached hydrogen (secondary N) is 1. The van der Waals surface area contributed by atoms with E-state index in [2.05, 4.69) is 11.9 Å². The van der Waals surface area contributed by atoms with Gasteiger partial charge in [-0.2, -0.15) is 0 Å². The molecule has 1 aromatic carbocycles. The average molecular weight is 233 g/mol. The van der Waals surface area contributed by atoms with Gasteiger partial charge < -0.3 is 10.4 Å². The summed E-state index contributed by atoms with van der Waals surface area (Å²) in [5.41, 5.74) is 2.84. The van der Waals surface area contributed by atoms with Crippen molar-refractivity contribution in [2.45, 2.75) is 19.8 Å². The van der Waals surface area contributed by atoms with E-state index in [1.165, 1.54) is 0 Å². The number of hydrogen-bond donors (Lipinski definition) is 2. The first-order valence-corrected chi connectivity index (χ1v) is 5.77. The van der Waals surface area contributed by atoms with E-state index in [0.717, 1.165) is 16.8 Å². The number of hydrogen-bond acceptors (Lipinski definition) is 2. The van der Waals surface area contributed by atoms with Crippen LogP contribution in [-0.2, 0) is 4.79 Å². The van der Waals surface area contributed by atoms with E-state index >= 15 is 0 Å². The molecule has 0 aliphatic rings. The van der Waals surface area contributed by atoms with E-state index in [4.69, 9.17) is 5.11 Å². The topological polar surface area (TPSA) is 49.3 Å². The molecule has 0 saturated carbocycles. The fourth-order valence-electron chi connectivity index (χ4n) is 1.82. The third kappa shape index (κ3) is 3.34. The van der Waals surface area contributed by atoms with Crippen molar-refractivity contribution in [3.63, 3.8) is 0 Å². The van der Waals surface area contributed by atoms with Crippen LogP contribution in [0.1, 0.15) is 25.3 Å². The van der Waals surface area contributed by atoms with Crippen LogP contribution in [-0.4, -0.2) is 18.1 Å². The summed E-state index contributed by atoms with van der Waals surface area (Å²) in [6.07, 6.45) is 1.11. The molecule has 3 nitrogen and oxygen atoms in total. The summed E-state index contributed by atoms with van der Waals surface area (Å²) in [6.45, 7) is 5.89. The smallest absolute Gasteiger partial charge is 0.306 e. The van der Waals surface area contributed by atoms with Crippen LogP contribution in [0.5, 0.6) is 0 Å². The maximum absolute atomic E-state index is 11.0. The van der Waals surface area contributed by atoms with Gasteiger partial charge in [0.05, 0.1) is 5.92 Å². The first-order chi connectivity index (χ1) is 8.10. The van der Waals surface area contributed by atoms with Crippen molar-refractivity contribution in [1.29, 1.82) is 0 Å². The summed E-state index contributed by atoms with van der Waals surface area (Å²) >= 11 is 0. The molecule has 0 radical (unpaired) electrons. The predicted molar refractivity (Wildman–Crippen MR) is 71.1 cm³/mol. The second kappa shape index (κ2) is 6.09. The summed E-state index contributed by atoms with van der Waals surface area (Å²) in [7, 11) is 1.85. The van der Waals surface area contributed by atoms with Crippen molar-refractivity contribution in [2.75, 3.05) is 12.4 Å². The van der Waals surface area contributed by atoms with Gasteiger partial charge in [-0.15, -0.1) is 0 Å². The number of para-hydroxylation sites is 1. The number of allylic oxidation sites excluding steroid dienone is 1. The molecule has 0 aromatic heterocycles. The van der Waals surface area contributed by atoms with Gasteiger partial charge in [-0.25, -0.2) is 0 Å². The number of carboxylic acids is 1. The number of aliphatic carboxylic acids is 1. The molecule has 0 heterocycles. The molecule has 2 N–H and O–H groups in total. The number of anilines is 1. The fourth-order valence-corrected chi connectivity index (χ4v) is 1.82. The van der Waals surface area contributed by atoms with E-state index in [1.54, 1.807) is 0 Å². The van der Waals surface area contributed by atoms with E-state index in [0.29, 0.717) is 12.8 Å². The normalized spacial score (nSPS) is 11.9. The Balaban J connectivity index is 2.86. The van der Waals surface area contributed by atoms with Crippen molar-refractivity contribution in [2.24, 2.45) is 5.92 Å². The highest BCUT2D eigenvalue weighted by Gasteiger charge is 2.17. The van der Waals surface area contributed by atoms with Gasteiger partial charge in [-0.3, -0.25) is 4.79 Å². The quantitative estimate of drug-likeness (QED) is 0.793. The second-order valence-electron chi connectivity index (χ2n) is 4.05. The monoisotopic (exact) mass is 233 g/mol. The molecule has 3 heteroatoms. The van der Waals surface area contributed by atoms with Gasteiger partial charge in [-0.1, -0.05) is 31.7 Å². The van der Waals surface area contributed by atoms with Gasteiger partial charge in [0.15, 0.2) is 0 Å². The van der Waals surface area contributed by atoms with Gasteiger partial charge in [0.2, 0.25) is 0 Å². The number of benzene rings is 1. The zero-order chi connectivity index (χ0) is 12.8. The second-order valence-corrected chi connectivity index (χ2v) is 4.05. The van der Waals surface area contributed by atoms with E-state index in [-0.39, 0.29) is 5.92 Å². The largest absolute Gasteiger partial charge is 0.481 e. The van der Waals surface area contributed by atoms with Gasteiger partial charge in [-0.05, 0) is 24.5 Å². The first-order valence-electron chi connectivity index (χ1n) is 5.77. The maximum Gasteiger partial charge on any atom is 0.306 e. The van der Waals surface area contributed by atoms with Gasteiger partial charge in [0.25, 0.3) is 0 Å². The highest BCUT2D eigenvalue weighted by atomic mass is 16.4. The lowest BCUT2D eigenvalue weighted by Crippen LogP contribution is -2.13. The van der Waals surface area contributed by atoms with Crippen molar-refractivity contribution >= 4 is 17.2 Å². The molecule has 1 atom stereocenters. The SMILES string of the molecule is C=C(C[C@H](CC)C(=O)O)c1ccccc1NC. The highest BCUT2D eigenvalue weighted by molar-refractivity contribution is 5.79. The molecule has 92 valence electrons. The number of carbonyl (C=O) groups is 1. The third-order valence-corrected chi connectivity index (χ3v) is 2.91. The van der Waals surface area contributed by atoms with Crippen LogP contribution in [0.15, 0.2) is 30.8 Å². The van der Waals surface area contributed by atoms with E-state index in [1.807, 2.05) is 38.2 Å². The molecule has 0 amide bonds. The molecule has 0 fully saturated rings. The summed E-state index contributed by atoms with van der Waals surface area (Å²) in [6, 6.07) is 7.80. The highest BCUT2D eigenvalue weighted by Crippen LogP contribution is 2.28. The molecule has 0 bridgehead atoms. The minimum Gasteiger partial charge on any atom is -0.481 e. The van der Waals surface area contributed by atoms with Crippen molar-refractivity contribution in [1.82, 2.24) is 0 Å². The minimum absolute atomic E-state index is 0.354. The Kier molecular flexibility index (Phi) is 4.76. The molecule has 0 aliphatic carbocycles. The number of carboxylic acid groups (broad SMARTS) is 1. The van der Waals surface area contributed by atoms with Crippen LogP contribution in [0.2, 0.25) is 0 Å². The Hall–Kier alpha value is -1.77. The Morgan fingerprint density at radius 3 is 2.65 bits per heavy atom. The molecule has 0 spiro atoms. The summed E-state index contributed by atoms with van der Waals surface area (Å²) in [5.74, 6) is -1.11. The Morgan fingerprint density at radius 1 is 1.47 bits per heavy atom. The zero-order valence-corrected chi connectivity index (χ0v) is 10.4. The Morgan fingerprint density at radius 2 is 2.12 bits per heavy atom. The van der Waals surface area contributed by atoms with Crippen LogP contribution in [0.3, 0.4) is 0 Å². The lowest BCUT2D eigenvalue weighted by Gasteiger charge is -2.15. The summed E-state index contributed by atoms with van der Waals surface area (Å²) in [5, 5.41) is 12.1. The minimum atomic E-state index is -0.754. The molecular weight excluding hydrogens is 214 g/mol. The predicted octanol–water partition coefficient (Wildman–Crippen LogP) is 3.24. The number of rotatable bonds is 6. The molecule has 0 aliphatic heterocycles. The van der Waals surface area contributed by atoms with Crippen molar-refractivity contribution in [3.05, 3.63) is 36.4 Å². The van der Waals surface area contributed by atoms with E-state index < -0.39 is 5.97 Å². The lowest BCUT2D eigenvalue weighted by atomic mass is 9.93. The average Bonchev–Trinajstić information content (AvgIpc) is 2.35. The van der Waals surface area contributed by atoms with E-state index in [9.17, 15) is 4.79 Å². The Labute approximate surface area is 102 Å². The summed E-state index contributed by atoms with van der Waals surface area (Å²) in [4.78, 5) is 11.0. The lowest BCUT2D eigenvalue weighted by molar-refractivity contribution is -0.141. The third-order valence-electron chi connectivity index (χ3n) is 2.91. The van der Waals surface area contributed by atoms with Gasteiger partial charge in [0, 0.05) is 18.3 Å². The standard InChI is InChI=1S/C14H19NO2/c1-4-11(14(16)17)9-10(2)12-7-5-6-8-13(12)15-3/h5-8,11,15H,2,4,9H2,1,3H3,(H,16,17)/t11-/m0/s1. The van der Waals surface area contributed by atoms with Crippen molar-refractivity contribution < 1.29 is 9.90 Å². The summed E-state index contributed by atoms with van der Waals surface area (Å²) < 4.78 is 0. The van der Waals surface area contributed by atoms with Crippen molar-refractivity contribution in [3.8, 4) is 0 Å². The maximum atomic E-state index is 11.0. The molecule has 0 saturated heterocycles. The van der Waals surface area contributed by atoms with Crippen LogP contribution in [0.4, 0.5) is 5.69 Å². The fraction of sp³-hybridized carbons (Fsp3) is 0.357. The Bertz CT molecular complexity index is 412. The molecule has 1 aromatic rings. The van der Waals surface area contributed by atoms with Crippen LogP contribution in [0, 0.1) is 5.92 Å².